The summed E-state index contributed by atoms with van der Waals surface area (Å²) in [4.78, 5) is 11.2. The van der Waals surface area contributed by atoms with Crippen LogP contribution in [0.4, 0.5) is 0 Å². The Morgan fingerprint density at radius 1 is 1.62 bits per heavy atom. The van der Waals surface area contributed by atoms with Crippen molar-refractivity contribution in [1.29, 1.82) is 0 Å². The van der Waals surface area contributed by atoms with Crippen LogP contribution in [0.5, 0.6) is 0 Å². The van der Waals surface area contributed by atoms with E-state index < -0.39 is 11.9 Å². The van der Waals surface area contributed by atoms with E-state index in [9.17, 15) is 9.90 Å². The first kappa shape index (κ1) is 13.4. The predicted octanol–water partition coefficient (Wildman–Crippen LogP) is 0.415. The largest absolute Gasteiger partial charge is 0.388 e. The van der Waals surface area contributed by atoms with Crippen LogP contribution in [0.15, 0.2) is 0 Å². The minimum atomic E-state index is -0.720. The SMILES string of the molecule is CCCC(=O)NCC(O)C1COC(C)(C)O1. The Labute approximate surface area is 96.1 Å². The van der Waals surface area contributed by atoms with Gasteiger partial charge >= 0.3 is 0 Å². The van der Waals surface area contributed by atoms with Crippen LogP contribution in [-0.4, -0.2) is 42.2 Å². The number of carbonyl (C=O) groups is 1. The monoisotopic (exact) mass is 231 g/mol. The first-order valence-corrected chi connectivity index (χ1v) is 5.71. The molecule has 5 nitrogen and oxygen atoms in total. The maximum absolute atomic E-state index is 11.2. The molecule has 1 fully saturated rings. The third-order valence-electron chi connectivity index (χ3n) is 2.44. The Morgan fingerprint density at radius 3 is 2.81 bits per heavy atom. The van der Waals surface area contributed by atoms with Crippen LogP contribution in [0.2, 0.25) is 0 Å². The Bertz CT molecular complexity index is 242. The Kier molecular flexibility index (Phi) is 4.70. The molecule has 0 aliphatic carbocycles. The van der Waals surface area contributed by atoms with Gasteiger partial charge < -0.3 is 19.9 Å². The van der Waals surface area contributed by atoms with E-state index in [1.807, 2.05) is 6.92 Å². The van der Waals surface area contributed by atoms with Gasteiger partial charge in [-0.25, -0.2) is 0 Å². The molecular weight excluding hydrogens is 210 g/mol. The van der Waals surface area contributed by atoms with Crippen molar-refractivity contribution in [3.05, 3.63) is 0 Å². The number of rotatable bonds is 5. The molecule has 0 bridgehead atoms. The minimum absolute atomic E-state index is 0.0419. The summed E-state index contributed by atoms with van der Waals surface area (Å²) in [6, 6.07) is 0. The lowest BCUT2D eigenvalue weighted by Gasteiger charge is -2.20. The van der Waals surface area contributed by atoms with Crippen LogP contribution in [0.25, 0.3) is 0 Å². The Morgan fingerprint density at radius 2 is 2.31 bits per heavy atom. The second-order valence-electron chi connectivity index (χ2n) is 4.49. The number of amides is 1. The fourth-order valence-electron chi connectivity index (χ4n) is 1.57. The van der Waals surface area contributed by atoms with Crippen molar-refractivity contribution in [1.82, 2.24) is 5.32 Å². The highest BCUT2D eigenvalue weighted by molar-refractivity contribution is 5.75. The molecule has 0 aromatic heterocycles. The number of aliphatic hydroxyl groups excluding tert-OH is 1. The quantitative estimate of drug-likeness (QED) is 0.719. The van der Waals surface area contributed by atoms with Crippen molar-refractivity contribution in [2.45, 2.75) is 51.6 Å². The first-order chi connectivity index (χ1) is 7.44. The number of carbonyl (C=O) groups excluding carboxylic acids is 1. The summed E-state index contributed by atoms with van der Waals surface area (Å²) in [5, 5.41) is 12.4. The molecule has 0 aromatic carbocycles. The van der Waals surface area contributed by atoms with Gasteiger partial charge in [0.1, 0.15) is 6.10 Å². The zero-order chi connectivity index (χ0) is 12.2. The predicted molar refractivity (Wildman–Crippen MR) is 58.8 cm³/mol. The Hall–Kier alpha value is -0.650. The second kappa shape index (κ2) is 5.61. The van der Waals surface area contributed by atoms with E-state index in [4.69, 9.17) is 9.47 Å². The number of hydrogen-bond acceptors (Lipinski definition) is 4. The van der Waals surface area contributed by atoms with Gasteiger partial charge in [0.2, 0.25) is 5.91 Å². The third-order valence-corrected chi connectivity index (χ3v) is 2.44. The van der Waals surface area contributed by atoms with E-state index >= 15 is 0 Å². The highest BCUT2D eigenvalue weighted by Gasteiger charge is 2.36. The molecule has 2 atom stereocenters. The van der Waals surface area contributed by atoms with E-state index in [1.165, 1.54) is 0 Å². The fourth-order valence-corrected chi connectivity index (χ4v) is 1.57. The number of aliphatic hydroxyl groups is 1. The van der Waals surface area contributed by atoms with Gasteiger partial charge in [-0.3, -0.25) is 4.79 Å². The van der Waals surface area contributed by atoms with Crippen molar-refractivity contribution in [3.8, 4) is 0 Å². The fraction of sp³-hybridized carbons (Fsp3) is 0.909. The van der Waals surface area contributed by atoms with Crippen LogP contribution in [0, 0.1) is 0 Å². The van der Waals surface area contributed by atoms with Gasteiger partial charge in [-0.15, -0.1) is 0 Å². The highest BCUT2D eigenvalue weighted by Crippen LogP contribution is 2.23. The maximum Gasteiger partial charge on any atom is 0.220 e. The average molecular weight is 231 g/mol. The molecule has 1 saturated heterocycles. The topological polar surface area (TPSA) is 67.8 Å². The lowest BCUT2D eigenvalue weighted by Crippen LogP contribution is -2.40. The summed E-state index contributed by atoms with van der Waals surface area (Å²) in [6.45, 7) is 6.11. The van der Waals surface area contributed by atoms with Crippen molar-refractivity contribution < 1.29 is 19.4 Å². The van der Waals surface area contributed by atoms with Crippen molar-refractivity contribution in [2.75, 3.05) is 13.2 Å². The molecule has 0 aromatic rings. The summed E-state index contributed by atoms with van der Waals surface area (Å²) >= 11 is 0. The molecular formula is C11H21NO4. The zero-order valence-corrected chi connectivity index (χ0v) is 10.2. The number of nitrogens with one attached hydrogen (secondary N) is 1. The molecule has 2 N–H and O–H groups in total. The first-order valence-electron chi connectivity index (χ1n) is 5.71. The van der Waals surface area contributed by atoms with Gasteiger partial charge in [0.25, 0.3) is 0 Å². The average Bonchev–Trinajstić information content (AvgIpc) is 2.56. The van der Waals surface area contributed by atoms with Crippen molar-refractivity contribution in [2.24, 2.45) is 0 Å². The van der Waals surface area contributed by atoms with Gasteiger partial charge in [-0.1, -0.05) is 6.92 Å². The molecule has 16 heavy (non-hydrogen) atoms. The standard InChI is InChI=1S/C11H21NO4/c1-4-5-10(14)12-6-8(13)9-7-15-11(2,3)16-9/h8-9,13H,4-7H2,1-3H3,(H,12,14). The molecule has 0 saturated carbocycles. The van der Waals surface area contributed by atoms with Gasteiger partial charge in [-0.2, -0.15) is 0 Å². The lowest BCUT2D eigenvalue weighted by atomic mass is 10.2. The van der Waals surface area contributed by atoms with Crippen LogP contribution in [0.1, 0.15) is 33.6 Å². The van der Waals surface area contributed by atoms with Crippen LogP contribution < -0.4 is 5.32 Å². The molecule has 0 radical (unpaired) electrons. The number of hydrogen-bond donors (Lipinski definition) is 2. The van der Waals surface area contributed by atoms with E-state index in [1.54, 1.807) is 13.8 Å². The summed E-state index contributed by atoms with van der Waals surface area (Å²) < 4.78 is 10.8. The molecule has 1 amide bonds. The third kappa shape index (κ3) is 4.08. The van der Waals surface area contributed by atoms with E-state index in [0.717, 1.165) is 6.42 Å². The highest BCUT2D eigenvalue weighted by atomic mass is 16.7. The molecule has 0 spiro atoms. The minimum Gasteiger partial charge on any atom is -0.388 e. The van der Waals surface area contributed by atoms with E-state index in [2.05, 4.69) is 5.32 Å². The van der Waals surface area contributed by atoms with Crippen LogP contribution in [0.3, 0.4) is 0 Å². The Balaban J connectivity index is 2.25. The summed E-state index contributed by atoms with van der Waals surface area (Å²) in [7, 11) is 0. The lowest BCUT2D eigenvalue weighted by molar-refractivity contribution is -0.150. The molecule has 5 heteroatoms. The van der Waals surface area contributed by atoms with E-state index in [-0.39, 0.29) is 18.6 Å². The molecule has 1 rings (SSSR count). The summed E-state index contributed by atoms with van der Waals surface area (Å²) in [5.41, 5.74) is 0. The van der Waals surface area contributed by atoms with Gasteiger partial charge in [0.15, 0.2) is 5.79 Å². The van der Waals surface area contributed by atoms with Crippen LogP contribution >= 0.6 is 0 Å². The summed E-state index contributed by atoms with van der Waals surface area (Å²) in [5.74, 6) is -0.682. The zero-order valence-electron chi connectivity index (χ0n) is 10.2. The smallest absolute Gasteiger partial charge is 0.220 e. The van der Waals surface area contributed by atoms with E-state index in [0.29, 0.717) is 13.0 Å². The summed E-state index contributed by atoms with van der Waals surface area (Å²) in [6.07, 6.45) is 0.206. The second-order valence-corrected chi connectivity index (χ2v) is 4.49. The molecule has 1 aliphatic heterocycles. The molecule has 94 valence electrons. The maximum atomic E-state index is 11.2. The van der Waals surface area contributed by atoms with Crippen molar-refractivity contribution >= 4 is 5.91 Å². The molecule has 1 heterocycles. The van der Waals surface area contributed by atoms with Crippen LogP contribution in [-0.2, 0) is 14.3 Å². The number of ether oxygens (including phenoxy) is 2. The van der Waals surface area contributed by atoms with Gasteiger partial charge in [-0.05, 0) is 20.3 Å². The molecule has 1 aliphatic rings. The van der Waals surface area contributed by atoms with Crippen molar-refractivity contribution in [3.63, 3.8) is 0 Å². The molecule has 2 unspecified atom stereocenters. The van der Waals surface area contributed by atoms with Gasteiger partial charge in [0, 0.05) is 13.0 Å². The normalized spacial score (nSPS) is 25.4. The van der Waals surface area contributed by atoms with Gasteiger partial charge in [0.05, 0.1) is 12.7 Å².